The predicted octanol–water partition coefficient (Wildman–Crippen LogP) is 4.28. The van der Waals surface area contributed by atoms with E-state index in [1.54, 1.807) is 22.8 Å². The number of fused-ring (bicyclic) bond motifs is 1. The van der Waals surface area contributed by atoms with Gasteiger partial charge in [0.25, 0.3) is 0 Å². The minimum Gasteiger partial charge on any atom is -0.465 e. The van der Waals surface area contributed by atoms with Crippen molar-refractivity contribution in [1.29, 1.82) is 0 Å². The summed E-state index contributed by atoms with van der Waals surface area (Å²) in [7, 11) is 1.38. The Morgan fingerprint density at radius 1 is 1.11 bits per heavy atom. The highest BCUT2D eigenvalue weighted by atomic mass is 32.1. The Balaban J connectivity index is 1.50. The number of pyridine rings is 1. The summed E-state index contributed by atoms with van der Waals surface area (Å²) in [5.41, 5.74) is 7.60. The summed E-state index contributed by atoms with van der Waals surface area (Å²) in [5, 5.41) is 5.40. The first kappa shape index (κ1) is 23.8. The smallest absolute Gasteiger partial charge is 0.338 e. The Labute approximate surface area is 213 Å². The number of thiazole rings is 1. The lowest BCUT2D eigenvalue weighted by atomic mass is 9.97. The van der Waals surface area contributed by atoms with E-state index in [1.165, 1.54) is 18.4 Å². The molecule has 2 aromatic heterocycles. The van der Waals surface area contributed by atoms with Crippen LogP contribution < -0.4 is 10.2 Å². The maximum absolute atomic E-state index is 14.0. The van der Waals surface area contributed by atoms with Gasteiger partial charge in [-0.25, -0.2) is 9.78 Å². The number of methoxy groups -OCH3 is 1. The van der Waals surface area contributed by atoms with Gasteiger partial charge in [-0.05, 0) is 59.4 Å². The number of carbonyl (C=O) groups is 2. The van der Waals surface area contributed by atoms with Crippen LogP contribution in [0.5, 0.6) is 0 Å². The van der Waals surface area contributed by atoms with Crippen molar-refractivity contribution in [2.45, 2.75) is 25.4 Å². The first-order valence-electron chi connectivity index (χ1n) is 11.8. The van der Waals surface area contributed by atoms with Gasteiger partial charge in [0.05, 0.1) is 29.9 Å². The predicted molar refractivity (Wildman–Crippen MR) is 140 cm³/mol. The maximum atomic E-state index is 14.0. The second-order valence-electron chi connectivity index (χ2n) is 8.59. The van der Waals surface area contributed by atoms with Crippen molar-refractivity contribution in [2.24, 2.45) is 0 Å². The molecule has 0 aliphatic carbocycles. The molecule has 2 aromatic carbocycles. The molecular weight excluding hydrogens is 472 g/mol. The zero-order chi connectivity index (χ0) is 24.9. The van der Waals surface area contributed by atoms with Gasteiger partial charge in [-0.2, -0.15) is 0 Å². The number of nitrogens with one attached hydrogen (secondary N) is 1. The van der Waals surface area contributed by atoms with Crippen LogP contribution in [0.3, 0.4) is 0 Å². The highest BCUT2D eigenvalue weighted by Gasteiger charge is 2.33. The van der Waals surface area contributed by atoms with Gasteiger partial charge in [-0.1, -0.05) is 30.3 Å². The number of ether oxygens (including phenoxy) is 1. The van der Waals surface area contributed by atoms with Crippen LogP contribution >= 0.6 is 11.3 Å². The van der Waals surface area contributed by atoms with E-state index in [9.17, 15) is 9.59 Å². The third kappa shape index (κ3) is 5.05. The normalized spacial score (nSPS) is 13.3. The first-order chi connectivity index (χ1) is 17.6. The number of amides is 1. The Morgan fingerprint density at radius 2 is 1.92 bits per heavy atom. The number of anilines is 1. The number of nitrogens with zero attached hydrogens (tertiary/aromatic N) is 3. The summed E-state index contributed by atoms with van der Waals surface area (Å²) in [4.78, 5) is 36.9. The highest BCUT2D eigenvalue weighted by Crippen LogP contribution is 2.36. The number of hydrogen-bond donors (Lipinski definition) is 1. The fourth-order valence-electron chi connectivity index (χ4n) is 4.57. The molecule has 1 unspecified atom stereocenters. The quantitative estimate of drug-likeness (QED) is 0.365. The summed E-state index contributed by atoms with van der Waals surface area (Å²) < 4.78 is 5.08. The average Bonchev–Trinajstić information content (AvgIpc) is 3.61. The molecule has 1 atom stereocenters. The van der Waals surface area contributed by atoms with Gasteiger partial charge < -0.3 is 9.64 Å². The number of esters is 1. The van der Waals surface area contributed by atoms with E-state index in [4.69, 9.17) is 4.74 Å². The Hall–Kier alpha value is -3.88. The van der Waals surface area contributed by atoms with Gasteiger partial charge >= 0.3 is 5.97 Å². The Morgan fingerprint density at radius 3 is 2.64 bits per heavy atom. The number of benzene rings is 2. The zero-order valence-corrected chi connectivity index (χ0v) is 20.7. The molecule has 1 N–H and O–H groups in total. The summed E-state index contributed by atoms with van der Waals surface area (Å²) >= 11 is 1.53. The van der Waals surface area contributed by atoms with E-state index >= 15 is 0 Å². The summed E-state index contributed by atoms with van der Waals surface area (Å²) in [6.45, 7) is 1.000. The summed E-state index contributed by atoms with van der Waals surface area (Å²) in [6.07, 6.45) is 4.55. The second kappa shape index (κ2) is 10.8. The number of hydrogen-bond acceptors (Lipinski definition) is 7. The summed E-state index contributed by atoms with van der Waals surface area (Å²) in [5.74, 6) is -0.436. The van der Waals surface area contributed by atoms with E-state index in [0.29, 0.717) is 31.5 Å². The average molecular weight is 499 g/mol. The van der Waals surface area contributed by atoms with Crippen LogP contribution in [0.4, 0.5) is 5.69 Å². The fraction of sp³-hybridized carbons (Fsp3) is 0.214. The van der Waals surface area contributed by atoms with Gasteiger partial charge in [0.1, 0.15) is 0 Å². The lowest BCUT2D eigenvalue weighted by Gasteiger charge is -2.25. The van der Waals surface area contributed by atoms with Crippen molar-refractivity contribution in [3.63, 3.8) is 0 Å². The maximum Gasteiger partial charge on any atom is 0.338 e. The molecule has 0 fully saturated rings. The van der Waals surface area contributed by atoms with Crippen molar-refractivity contribution in [3.8, 4) is 11.1 Å². The lowest BCUT2D eigenvalue weighted by Crippen LogP contribution is -2.47. The third-order valence-electron chi connectivity index (χ3n) is 6.38. The summed E-state index contributed by atoms with van der Waals surface area (Å²) in [6, 6.07) is 17.1. The van der Waals surface area contributed by atoms with E-state index in [1.807, 2.05) is 60.0 Å². The number of aromatic nitrogens is 2. The van der Waals surface area contributed by atoms with Crippen molar-refractivity contribution < 1.29 is 14.3 Å². The van der Waals surface area contributed by atoms with Crippen molar-refractivity contribution in [2.75, 3.05) is 18.6 Å². The molecule has 3 heterocycles. The molecule has 7 nitrogen and oxygen atoms in total. The van der Waals surface area contributed by atoms with Gasteiger partial charge in [0.15, 0.2) is 0 Å². The molecule has 1 amide bonds. The molecular formula is C28H26N4O3S. The van der Waals surface area contributed by atoms with Crippen LogP contribution in [0, 0.1) is 0 Å². The largest absolute Gasteiger partial charge is 0.465 e. The van der Waals surface area contributed by atoms with Crippen molar-refractivity contribution in [1.82, 2.24) is 15.3 Å². The standard InChI is InChI=1S/C28H26N4O3S/c1-35-28(34)24-14-21(20-7-10-29-11-8-20)15-26-23(24)9-12-32(26)27(33)25(13-19-5-3-2-4-6-19)30-16-22-17-36-18-31-22/h2-8,10-11,14-15,17-18,25,30H,9,12-13,16H2,1H3. The van der Waals surface area contributed by atoms with E-state index in [0.717, 1.165) is 33.6 Å². The second-order valence-corrected chi connectivity index (χ2v) is 9.31. The monoisotopic (exact) mass is 498 g/mol. The van der Waals surface area contributed by atoms with Crippen LogP contribution in [0.25, 0.3) is 11.1 Å². The van der Waals surface area contributed by atoms with Crippen molar-refractivity contribution in [3.05, 3.63) is 100 Å². The van der Waals surface area contributed by atoms with Crippen LogP contribution in [-0.4, -0.2) is 41.5 Å². The third-order valence-corrected chi connectivity index (χ3v) is 7.02. The molecule has 1 aliphatic heterocycles. The van der Waals surface area contributed by atoms with Crippen LogP contribution in [0.1, 0.15) is 27.2 Å². The molecule has 5 rings (SSSR count). The van der Waals surface area contributed by atoms with E-state index in [2.05, 4.69) is 15.3 Å². The Kier molecular flexibility index (Phi) is 7.16. The molecule has 36 heavy (non-hydrogen) atoms. The fourth-order valence-corrected chi connectivity index (χ4v) is 5.13. The Bertz CT molecular complexity index is 1340. The van der Waals surface area contributed by atoms with E-state index in [-0.39, 0.29) is 5.91 Å². The zero-order valence-electron chi connectivity index (χ0n) is 19.9. The first-order valence-corrected chi connectivity index (χ1v) is 12.7. The highest BCUT2D eigenvalue weighted by molar-refractivity contribution is 7.07. The van der Waals surface area contributed by atoms with E-state index < -0.39 is 12.0 Å². The SMILES string of the molecule is COC(=O)c1cc(-c2ccncc2)cc2c1CCN2C(=O)C(Cc1ccccc1)NCc1cscn1. The van der Waals surface area contributed by atoms with Gasteiger partial charge in [-0.3, -0.25) is 15.1 Å². The molecule has 182 valence electrons. The van der Waals surface area contributed by atoms with Crippen LogP contribution in [0.15, 0.2) is 77.9 Å². The molecule has 0 saturated carbocycles. The lowest BCUT2D eigenvalue weighted by molar-refractivity contribution is -0.120. The topological polar surface area (TPSA) is 84.4 Å². The molecule has 0 saturated heterocycles. The number of carbonyl (C=O) groups excluding carboxylic acids is 2. The molecule has 0 radical (unpaired) electrons. The van der Waals surface area contributed by atoms with Gasteiger partial charge in [0.2, 0.25) is 5.91 Å². The molecule has 4 aromatic rings. The molecule has 1 aliphatic rings. The van der Waals surface area contributed by atoms with Crippen LogP contribution in [-0.2, 0) is 28.9 Å². The van der Waals surface area contributed by atoms with Crippen molar-refractivity contribution >= 4 is 28.9 Å². The number of rotatable bonds is 8. The van der Waals surface area contributed by atoms with Gasteiger partial charge in [-0.15, -0.1) is 11.3 Å². The van der Waals surface area contributed by atoms with Gasteiger partial charge in [0, 0.05) is 36.6 Å². The van der Waals surface area contributed by atoms with Crippen LogP contribution in [0.2, 0.25) is 0 Å². The molecule has 0 spiro atoms. The minimum atomic E-state index is -0.453. The molecule has 8 heteroatoms. The molecule has 0 bridgehead atoms. The minimum absolute atomic E-state index is 0.0319.